The molecular weight excluding hydrogens is 219 g/mol. The van der Waals surface area contributed by atoms with Crippen LogP contribution in [-0.4, -0.2) is 14.8 Å². The van der Waals surface area contributed by atoms with Gasteiger partial charge in [0.05, 0.1) is 5.56 Å². The minimum atomic E-state index is -0.348. The minimum Gasteiger partial charge on any atom is -0.398 e. The Morgan fingerprint density at radius 2 is 2.12 bits per heavy atom. The summed E-state index contributed by atoms with van der Waals surface area (Å²) < 4.78 is 15.8. The minimum absolute atomic E-state index is 0.348. The molecule has 2 aromatic rings. The summed E-state index contributed by atoms with van der Waals surface area (Å²) in [5.41, 5.74) is 6.59. The van der Waals surface area contributed by atoms with Gasteiger partial charge in [0.25, 0.3) is 0 Å². The predicted molar refractivity (Wildman–Crippen MR) is 62.8 cm³/mol. The standard InChI is InChI=1S/C12H13FN4/c1-7-15-16-12(17(7)8-5-6-8)11-9(13)3-2-4-10(11)14/h2-4,8H,5-6,14H2,1H3. The zero-order valence-electron chi connectivity index (χ0n) is 9.52. The Hall–Kier alpha value is -1.91. The molecule has 0 saturated heterocycles. The molecule has 0 atom stereocenters. The van der Waals surface area contributed by atoms with Crippen molar-refractivity contribution >= 4 is 5.69 Å². The molecule has 88 valence electrons. The quantitative estimate of drug-likeness (QED) is 0.808. The summed E-state index contributed by atoms with van der Waals surface area (Å²) >= 11 is 0. The highest BCUT2D eigenvalue weighted by Gasteiger charge is 2.30. The van der Waals surface area contributed by atoms with Crippen molar-refractivity contribution in [1.29, 1.82) is 0 Å². The fourth-order valence-corrected chi connectivity index (χ4v) is 2.09. The van der Waals surface area contributed by atoms with Crippen LogP contribution in [0.5, 0.6) is 0 Å². The number of hydrogen-bond acceptors (Lipinski definition) is 3. The third-order valence-corrected chi connectivity index (χ3v) is 3.05. The summed E-state index contributed by atoms with van der Waals surface area (Å²) in [6, 6.07) is 5.07. The number of anilines is 1. The Balaban J connectivity index is 2.21. The topological polar surface area (TPSA) is 56.7 Å². The number of nitrogens with two attached hydrogens (primary N) is 1. The number of benzene rings is 1. The Labute approximate surface area is 98.3 Å². The van der Waals surface area contributed by atoms with E-state index in [0.29, 0.717) is 23.1 Å². The molecule has 2 N–H and O–H groups in total. The van der Waals surface area contributed by atoms with E-state index in [1.54, 1.807) is 12.1 Å². The highest BCUT2D eigenvalue weighted by molar-refractivity contribution is 5.72. The van der Waals surface area contributed by atoms with Crippen molar-refractivity contribution in [3.05, 3.63) is 29.8 Å². The molecule has 1 heterocycles. The van der Waals surface area contributed by atoms with Crippen LogP contribution in [0.3, 0.4) is 0 Å². The summed E-state index contributed by atoms with van der Waals surface area (Å²) in [4.78, 5) is 0. The summed E-state index contributed by atoms with van der Waals surface area (Å²) in [5, 5.41) is 8.09. The lowest BCUT2D eigenvalue weighted by Gasteiger charge is -2.09. The first-order valence-corrected chi connectivity index (χ1v) is 5.64. The molecule has 1 fully saturated rings. The van der Waals surface area contributed by atoms with Crippen LogP contribution in [0.25, 0.3) is 11.4 Å². The summed E-state index contributed by atoms with van der Waals surface area (Å²) in [5.74, 6) is 1.00. The van der Waals surface area contributed by atoms with Crippen LogP contribution in [0, 0.1) is 12.7 Å². The van der Waals surface area contributed by atoms with Gasteiger partial charge in [0.1, 0.15) is 11.6 Å². The van der Waals surface area contributed by atoms with Gasteiger partial charge < -0.3 is 10.3 Å². The van der Waals surface area contributed by atoms with Crippen LogP contribution in [0.1, 0.15) is 24.7 Å². The molecular formula is C12H13FN4. The lowest BCUT2D eigenvalue weighted by atomic mass is 10.1. The fraction of sp³-hybridized carbons (Fsp3) is 0.333. The monoisotopic (exact) mass is 232 g/mol. The number of nitrogen functional groups attached to an aromatic ring is 1. The van der Waals surface area contributed by atoms with Crippen LogP contribution >= 0.6 is 0 Å². The molecule has 0 amide bonds. The van der Waals surface area contributed by atoms with Crippen LogP contribution < -0.4 is 5.73 Å². The van der Waals surface area contributed by atoms with E-state index < -0.39 is 0 Å². The van der Waals surface area contributed by atoms with Gasteiger partial charge >= 0.3 is 0 Å². The second-order valence-electron chi connectivity index (χ2n) is 4.38. The van der Waals surface area contributed by atoms with Crippen LogP contribution in [0.15, 0.2) is 18.2 Å². The Kier molecular flexibility index (Phi) is 2.14. The molecule has 1 saturated carbocycles. The van der Waals surface area contributed by atoms with Gasteiger partial charge in [-0.2, -0.15) is 0 Å². The predicted octanol–water partition coefficient (Wildman–Crippen LogP) is 2.31. The fourth-order valence-electron chi connectivity index (χ4n) is 2.09. The van der Waals surface area contributed by atoms with Gasteiger partial charge in [0.15, 0.2) is 5.82 Å². The van der Waals surface area contributed by atoms with Crippen molar-refractivity contribution in [2.45, 2.75) is 25.8 Å². The van der Waals surface area contributed by atoms with Crippen molar-refractivity contribution in [3.63, 3.8) is 0 Å². The number of hydrogen-bond donors (Lipinski definition) is 1. The number of aryl methyl sites for hydroxylation is 1. The molecule has 5 heteroatoms. The van der Waals surface area contributed by atoms with Crippen molar-refractivity contribution < 1.29 is 4.39 Å². The Morgan fingerprint density at radius 1 is 1.35 bits per heavy atom. The van der Waals surface area contributed by atoms with Crippen molar-refractivity contribution in [2.75, 3.05) is 5.73 Å². The summed E-state index contributed by atoms with van der Waals surface area (Å²) in [6.07, 6.45) is 2.19. The second kappa shape index (κ2) is 3.55. The van der Waals surface area contributed by atoms with Crippen LogP contribution in [-0.2, 0) is 0 Å². The highest BCUT2D eigenvalue weighted by Crippen LogP contribution is 2.40. The SMILES string of the molecule is Cc1nnc(-c2c(N)cccc2F)n1C1CC1. The smallest absolute Gasteiger partial charge is 0.169 e. The number of halogens is 1. The second-order valence-corrected chi connectivity index (χ2v) is 4.38. The lowest BCUT2D eigenvalue weighted by Crippen LogP contribution is -2.03. The van der Waals surface area contributed by atoms with E-state index in [2.05, 4.69) is 10.2 Å². The molecule has 0 spiro atoms. The summed E-state index contributed by atoms with van der Waals surface area (Å²) in [7, 11) is 0. The van der Waals surface area contributed by atoms with Crippen molar-refractivity contribution in [1.82, 2.24) is 14.8 Å². The van der Waals surface area contributed by atoms with Crippen LogP contribution in [0.2, 0.25) is 0 Å². The molecule has 1 aromatic heterocycles. The Morgan fingerprint density at radius 3 is 2.76 bits per heavy atom. The summed E-state index contributed by atoms with van der Waals surface area (Å²) in [6.45, 7) is 1.88. The molecule has 4 nitrogen and oxygen atoms in total. The van der Waals surface area contributed by atoms with E-state index in [9.17, 15) is 4.39 Å². The van der Waals surface area contributed by atoms with E-state index >= 15 is 0 Å². The van der Waals surface area contributed by atoms with E-state index in [1.807, 2.05) is 11.5 Å². The Bertz CT molecular complexity index is 552. The first kappa shape index (κ1) is 10.3. The van der Waals surface area contributed by atoms with Crippen molar-refractivity contribution in [2.24, 2.45) is 0 Å². The van der Waals surface area contributed by atoms with E-state index in [-0.39, 0.29) is 5.82 Å². The van der Waals surface area contributed by atoms with Gasteiger partial charge in [0, 0.05) is 11.7 Å². The van der Waals surface area contributed by atoms with Crippen LogP contribution in [0.4, 0.5) is 10.1 Å². The first-order valence-electron chi connectivity index (χ1n) is 5.64. The molecule has 1 aromatic carbocycles. The van der Waals surface area contributed by atoms with E-state index in [1.165, 1.54) is 6.07 Å². The molecule has 17 heavy (non-hydrogen) atoms. The number of rotatable bonds is 2. The third kappa shape index (κ3) is 1.58. The van der Waals surface area contributed by atoms with Gasteiger partial charge in [-0.25, -0.2) is 4.39 Å². The normalized spacial score (nSPS) is 15.2. The van der Waals surface area contributed by atoms with E-state index in [0.717, 1.165) is 18.7 Å². The highest BCUT2D eigenvalue weighted by atomic mass is 19.1. The molecule has 0 radical (unpaired) electrons. The molecule has 0 aliphatic heterocycles. The van der Waals surface area contributed by atoms with Gasteiger partial charge in [-0.3, -0.25) is 0 Å². The maximum absolute atomic E-state index is 13.8. The van der Waals surface area contributed by atoms with Gasteiger partial charge in [-0.15, -0.1) is 10.2 Å². The maximum atomic E-state index is 13.8. The largest absolute Gasteiger partial charge is 0.398 e. The van der Waals surface area contributed by atoms with E-state index in [4.69, 9.17) is 5.73 Å². The molecule has 3 rings (SSSR count). The van der Waals surface area contributed by atoms with Crippen molar-refractivity contribution in [3.8, 4) is 11.4 Å². The van der Waals surface area contributed by atoms with Gasteiger partial charge in [0.2, 0.25) is 0 Å². The number of nitrogens with zero attached hydrogens (tertiary/aromatic N) is 3. The zero-order chi connectivity index (χ0) is 12.0. The zero-order valence-corrected chi connectivity index (χ0v) is 9.52. The molecule has 1 aliphatic rings. The molecule has 0 bridgehead atoms. The molecule has 0 unspecified atom stereocenters. The maximum Gasteiger partial charge on any atom is 0.169 e. The number of aromatic nitrogens is 3. The van der Waals surface area contributed by atoms with Gasteiger partial charge in [-0.1, -0.05) is 6.07 Å². The first-order chi connectivity index (χ1) is 8.18. The average Bonchev–Trinajstić information content (AvgIpc) is 3.04. The molecule has 1 aliphatic carbocycles. The average molecular weight is 232 g/mol. The van der Waals surface area contributed by atoms with Gasteiger partial charge in [-0.05, 0) is 31.9 Å². The third-order valence-electron chi connectivity index (χ3n) is 3.05. The lowest BCUT2D eigenvalue weighted by molar-refractivity contribution is 0.626.